The molecule has 0 aromatic heterocycles. The van der Waals surface area contributed by atoms with E-state index >= 15 is 0 Å². The van der Waals surface area contributed by atoms with E-state index < -0.39 is 10.0 Å². The Bertz CT molecular complexity index is 1440. The molecule has 1 unspecified atom stereocenters. The predicted molar refractivity (Wildman–Crippen MR) is 154 cm³/mol. The topological polar surface area (TPSA) is 94.2 Å². The summed E-state index contributed by atoms with van der Waals surface area (Å²) in [6, 6.07) is 11.4. The molecule has 11 heteroatoms. The zero-order valence-electron chi connectivity index (χ0n) is 22.4. The number of hydrazine groups is 1. The minimum atomic E-state index is -3.89. The number of hydrogen-bond acceptors (Lipinski definition) is 7. The highest BCUT2D eigenvalue weighted by atomic mass is 35.5. The first-order valence-corrected chi connectivity index (χ1v) is 14.9. The van der Waals surface area contributed by atoms with Crippen molar-refractivity contribution < 1.29 is 17.9 Å². The summed E-state index contributed by atoms with van der Waals surface area (Å²) in [5.41, 5.74) is 7.77. The van der Waals surface area contributed by atoms with Crippen LogP contribution in [0.5, 0.6) is 0 Å². The molecule has 2 aromatic carbocycles. The highest BCUT2D eigenvalue weighted by Crippen LogP contribution is 2.36. The van der Waals surface area contributed by atoms with E-state index in [0.29, 0.717) is 27.5 Å². The van der Waals surface area contributed by atoms with Crippen LogP contribution in [0.3, 0.4) is 0 Å². The maximum absolute atomic E-state index is 13.4. The Labute approximate surface area is 235 Å². The summed E-state index contributed by atoms with van der Waals surface area (Å²) < 4.78 is 33.5. The van der Waals surface area contributed by atoms with Crippen molar-refractivity contribution in [3.05, 3.63) is 70.5 Å². The summed E-state index contributed by atoms with van der Waals surface area (Å²) >= 11 is 6.08. The molecule has 2 N–H and O–H groups in total. The molecule has 9 nitrogen and oxygen atoms in total. The summed E-state index contributed by atoms with van der Waals surface area (Å²) in [6.07, 6.45) is 3.78. The second kappa shape index (κ2) is 11.2. The van der Waals surface area contributed by atoms with E-state index in [0.717, 1.165) is 51.4 Å². The first-order chi connectivity index (χ1) is 18.6. The van der Waals surface area contributed by atoms with Crippen molar-refractivity contribution in [1.29, 1.82) is 0 Å². The highest BCUT2D eigenvalue weighted by molar-refractivity contribution is 7.92. The van der Waals surface area contributed by atoms with Crippen LogP contribution in [-0.4, -0.2) is 70.2 Å². The van der Waals surface area contributed by atoms with Gasteiger partial charge in [0.05, 0.1) is 35.4 Å². The first kappa shape index (κ1) is 27.5. The molecule has 3 aliphatic rings. The van der Waals surface area contributed by atoms with Gasteiger partial charge in [-0.05, 0) is 75.2 Å². The number of nitrogens with one attached hydrogen (secondary N) is 2. The zero-order chi connectivity index (χ0) is 27.7. The Balaban J connectivity index is 1.33. The molecule has 3 heterocycles. The SMILES string of the molecule is CC1=C(CCCN2CCOCC2)C(C)N(/C=C2\C(=O)Nc3ccc(S(=O)(=O)N(C)c4cccc(Cl)c4)cc32)N1. The minimum absolute atomic E-state index is 0.0555. The summed E-state index contributed by atoms with van der Waals surface area (Å²) in [5.74, 6) is -0.268. The number of morpholine rings is 1. The van der Waals surface area contributed by atoms with Crippen LogP contribution >= 0.6 is 11.6 Å². The zero-order valence-corrected chi connectivity index (χ0v) is 24.0. The van der Waals surface area contributed by atoms with Crippen LogP contribution in [0.1, 0.15) is 32.3 Å². The number of benzene rings is 2. The molecule has 1 saturated heterocycles. The van der Waals surface area contributed by atoms with Gasteiger partial charge in [0, 0.05) is 48.3 Å². The van der Waals surface area contributed by atoms with Gasteiger partial charge in [-0.3, -0.25) is 19.0 Å². The van der Waals surface area contributed by atoms with Gasteiger partial charge in [-0.15, -0.1) is 0 Å². The number of anilines is 2. The molecule has 0 radical (unpaired) electrons. The van der Waals surface area contributed by atoms with E-state index in [1.165, 1.54) is 23.0 Å². The first-order valence-electron chi connectivity index (χ1n) is 13.1. The van der Waals surface area contributed by atoms with Crippen molar-refractivity contribution in [2.75, 3.05) is 49.5 Å². The summed E-state index contributed by atoms with van der Waals surface area (Å²) in [4.78, 5) is 15.5. The Kier molecular flexibility index (Phi) is 7.91. The van der Waals surface area contributed by atoms with Gasteiger partial charge in [0.25, 0.3) is 15.9 Å². The van der Waals surface area contributed by atoms with Crippen LogP contribution in [0.25, 0.3) is 5.57 Å². The van der Waals surface area contributed by atoms with E-state index in [1.54, 1.807) is 42.6 Å². The van der Waals surface area contributed by atoms with Gasteiger partial charge in [0.2, 0.25) is 0 Å². The van der Waals surface area contributed by atoms with Crippen molar-refractivity contribution in [1.82, 2.24) is 15.3 Å². The lowest BCUT2D eigenvalue weighted by Crippen LogP contribution is -2.37. The number of nitrogens with zero attached hydrogens (tertiary/aromatic N) is 3. The fourth-order valence-electron chi connectivity index (χ4n) is 5.27. The van der Waals surface area contributed by atoms with E-state index in [-0.39, 0.29) is 16.8 Å². The summed E-state index contributed by atoms with van der Waals surface area (Å²) in [5, 5.41) is 5.24. The van der Waals surface area contributed by atoms with Gasteiger partial charge < -0.3 is 15.5 Å². The van der Waals surface area contributed by atoms with E-state index in [2.05, 4.69) is 29.5 Å². The average Bonchev–Trinajstić information content (AvgIpc) is 3.38. The van der Waals surface area contributed by atoms with Gasteiger partial charge in [-0.2, -0.15) is 0 Å². The van der Waals surface area contributed by atoms with E-state index in [4.69, 9.17) is 16.3 Å². The maximum atomic E-state index is 13.4. The molecule has 1 amide bonds. The highest BCUT2D eigenvalue weighted by Gasteiger charge is 2.32. The molecule has 208 valence electrons. The van der Waals surface area contributed by atoms with Gasteiger partial charge in [-0.25, -0.2) is 8.42 Å². The average molecular weight is 572 g/mol. The maximum Gasteiger partial charge on any atom is 0.264 e. The van der Waals surface area contributed by atoms with Crippen LogP contribution in [0.2, 0.25) is 5.02 Å². The number of rotatable bonds is 8. The number of ether oxygens (including phenoxy) is 1. The van der Waals surface area contributed by atoms with Crippen molar-refractivity contribution in [3.8, 4) is 0 Å². The van der Waals surface area contributed by atoms with Crippen molar-refractivity contribution >= 4 is 44.5 Å². The van der Waals surface area contributed by atoms with Crippen LogP contribution < -0.4 is 15.0 Å². The minimum Gasteiger partial charge on any atom is -0.379 e. The third-order valence-corrected chi connectivity index (χ3v) is 9.61. The molecule has 0 aliphatic carbocycles. The van der Waals surface area contributed by atoms with Gasteiger partial charge in [0.15, 0.2) is 0 Å². The molecule has 1 fully saturated rings. The largest absolute Gasteiger partial charge is 0.379 e. The number of fused-ring (bicyclic) bond motifs is 1. The molecule has 39 heavy (non-hydrogen) atoms. The molecular formula is C28H34ClN5O4S. The van der Waals surface area contributed by atoms with Crippen LogP contribution in [-0.2, 0) is 19.6 Å². The second-order valence-electron chi connectivity index (χ2n) is 10.1. The number of halogens is 1. The Morgan fingerprint density at radius 1 is 1.18 bits per heavy atom. The predicted octanol–water partition coefficient (Wildman–Crippen LogP) is 4.05. The lowest BCUT2D eigenvalue weighted by molar-refractivity contribution is -0.110. The third kappa shape index (κ3) is 5.65. The fraction of sp³-hybridized carbons (Fsp3) is 0.393. The molecule has 0 spiro atoms. The molecule has 0 saturated carbocycles. The quantitative estimate of drug-likeness (QED) is 0.462. The molecule has 2 aromatic rings. The van der Waals surface area contributed by atoms with Crippen LogP contribution in [0.4, 0.5) is 11.4 Å². The second-order valence-corrected chi connectivity index (χ2v) is 12.5. The summed E-state index contributed by atoms with van der Waals surface area (Å²) in [7, 11) is -2.40. The van der Waals surface area contributed by atoms with Crippen molar-refractivity contribution in [2.45, 2.75) is 37.6 Å². The lowest BCUT2D eigenvalue weighted by Gasteiger charge is -2.27. The van der Waals surface area contributed by atoms with Gasteiger partial charge in [0.1, 0.15) is 0 Å². The normalized spacial score (nSPS) is 20.8. The standard InChI is InChI=1S/C28H34ClN5O4S/c1-19-24(8-5-11-33-12-14-38-15-13-33)20(2)34(31-19)18-26-25-17-23(9-10-27(25)30-28(26)35)39(36,37)32(3)22-7-4-6-21(29)16-22/h4,6-7,9-10,16-18,20,31H,5,8,11-15H2,1-3H3,(H,30,35)/b26-18-. The van der Waals surface area contributed by atoms with Gasteiger partial charge >= 0.3 is 0 Å². The Morgan fingerprint density at radius 2 is 1.95 bits per heavy atom. The fourth-order valence-corrected chi connectivity index (χ4v) is 6.66. The number of amides is 1. The smallest absolute Gasteiger partial charge is 0.264 e. The molecule has 3 aliphatic heterocycles. The van der Waals surface area contributed by atoms with E-state index in [9.17, 15) is 13.2 Å². The Hall–Kier alpha value is -3.05. The summed E-state index contributed by atoms with van der Waals surface area (Å²) in [6.45, 7) is 8.74. The van der Waals surface area contributed by atoms with Crippen molar-refractivity contribution in [2.24, 2.45) is 0 Å². The van der Waals surface area contributed by atoms with Crippen LogP contribution in [0.15, 0.2) is 64.8 Å². The molecular weight excluding hydrogens is 538 g/mol. The number of carbonyl (C=O) groups excluding carboxylic acids is 1. The van der Waals surface area contributed by atoms with Crippen molar-refractivity contribution in [3.63, 3.8) is 0 Å². The third-order valence-electron chi connectivity index (χ3n) is 7.60. The molecule has 0 bridgehead atoms. The van der Waals surface area contributed by atoms with E-state index in [1.807, 2.05) is 5.01 Å². The number of hydrogen-bond donors (Lipinski definition) is 2. The monoisotopic (exact) mass is 571 g/mol. The van der Waals surface area contributed by atoms with Crippen LogP contribution in [0, 0.1) is 0 Å². The molecule has 1 atom stereocenters. The Morgan fingerprint density at radius 3 is 2.69 bits per heavy atom. The lowest BCUT2D eigenvalue weighted by atomic mass is 10.0. The number of sulfonamides is 1. The van der Waals surface area contributed by atoms with Gasteiger partial charge in [-0.1, -0.05) is 17.7 Å². The molecule has 5 rings (SSSR count). The number of carbonyl (C=O) groups is 1. The number of allylic oxidation sites excluding steroid dienone is 1.